The Morgan fingerprint density at radius 2 is 1.87 bits per heavy atom. The molecular weight excluding hydrogens is 586 g/mol. The maximum Gasteiger partial charge on any atom is 0.264 e. The first-order valence-electron chi connectivity index (χ1n) is 16.2. The van der Waals surface area contributed by atoms with E-state index in [-0.39, 0.29) is 43.8 Å². The van der Waals surface area contributed by atoms with Crippen LogP contribution in [0, 0.1) is 5.92 Å². The van der Waals surface area contributed by atoms with Crippen LogP contribution in [-0.4, -0.2) is 73.2 Å². The third-order valence-corrected chi connectivity index (χ3v) is 12.2. The van der Waals surface area contributed by atoms with E-state index in [1.54, 1.807) is 15.9 Å². The minimum Gasteiger partial charge on any atom is -0.432 e. The van der Waals surface area contributed by atoms with Gasteiger partial charge in [-0.15, -0.1) is 6.58 Å². The van der Waals surface area contributed by atoms with Gasteiger partial charge in [0.15, 0.2) is 13.9 Å². The van der Waals surface area contributed by atoms with E-state index in [2.05, 4.69) is 6.58 Å². The molecule has 5 rings (SSSR count). The maximum absolute atomic E-state index is 14.5. The van der Waals surface area contributed by atoms with E-state index in [4.69, 9.17) is 4.74 Å². The lowest BCUT2D eigenvalue weighted by Gasteiger charge is -2.33. The zero-order chi connectivity index (χ0) is 32.4. The summed E-state index contributed by atoms with van der Waals surface area (Å²) in [4.78, 5) is 58.3. The maximum atomic E-state index is 14.5. The van der Waals surface area contributed by atoms with Gasteiger partial charge in [0.2, 0.25) is 11.8 Å². The zero-order valence-electron chi connectivity index (χ0n) is 26.8. The van der Waals surface area contributed by atoms with Gasteiger partial charge < -0.3 is 29.3 Å². The quantitative estimate of drug-likeness (QED) is 0.289. The Balaban J connectivity index is 1.53. The average molecular weight is 634 g/mol. The SMILES string of the molecule is C=CCN1C(=O)[C@@]2(O[C@@H](CC(=O)N(CCO)Cc3ccccc3)[C@H]([Si](C)(C)O)[C@H]2C)c2cc(N3CCCCCCC3=O)ccc21. The van der Waals surface area contributed by atoms with Crippen molar-refractivity contribution in [1.29, 1.82) is 0 Å². The van der Waals surface area contributed by atoms with Gasteiger partial charge in [-0.1, -0.05) is 56.2 Å². The summed E-state index contributed by atoms with van der Waals surface area (Å²) in [5.41, 5.74) is 1.19. The lowest BCUT2D eigenvalue weighted by molar-refractivity contribution is -0.149. The summed E-state index contributed by atoms with van der Waals surface area (Å²) in [7, 11) is -3.00. The van der Waals surface area contributed by atoms with Crippen molar-refractivity contribution in [3.8, 4) is 0 Å². The number of hydrogen-bond acceptors (Lipinski definition) is 6. The molecule has 4 atom stereocenters. The van der Waals surface area contributed by atoms with Crippen molar-refractivity contribution in [3.05, 3.63) is 72.3 Å². The van der Waals surface area contributed by atoms with Crippen molar-refractivity contribution >= 4 is 37.4 Å². The van der Waals surface area contributed by atoms with Gasteiger partial charge in [-0.05, 0) is 49.7 Å². The molecule has 2 saturated heterocycles. The largest absolute Gasteiger partial charge is 0.432 e. The first-order chi connectivity index (χ1) is 21.5. The predicted molar refractivity (Wildman–Crippen MR) is 177 cm³/mol. The molecule has 2 fully saturated rings. The molecule has 3 aliphatic rings. The molecule has 0 aromatic heterocycles. The molecule has 0 unspecified atom stereocenters. The second kappa shape index (κ2) is 13.6. The van der Waals surface area contributed by atoms with Crippen molar-refractivity contribution in [1.82, 2.24) is 4.90 Å². The van der Waals surface area contributed by atoms with E-state index in [1.807, 2.05) is 73.4 Å². The van der Waals surface area contributed by atoms with Gasteiger partial charge in [0, 0.05) is 55.3 Å². The van der Waals surface area contributed by atoms with Crippen molar-refractivity contribution in [2.45, 2.75) is 82.3 Å². The van der Waals surface area contributed by atoms with Crippen LogP contribution in [0.15, 0.2) is 61.2 Å². The summed E-state index contributed by atoms with van der Waals surface area (Å²) in [6.45, 7) is 10.7. The fourth-order valence-electron chi connectivity index (χ4n) is 7.69. The lowest BCUT2D eigenvalue weighted by Crippen LogP contribution is -2.46. The van der Waals surface area contributed by atoms with Crippen LogP contribution in [0.2, 0.25) is 18.6 Å². The molecule has 2 N–H and O–H groups in total. The smallest absolute Gasteiger partial charge is 0.264 e. The highest BCUT2D eigenvalue weighted by Gasteiger charge is 2.66. The number of aliphatic hydroxyl groups is 1. The van der Waals surface area contributed by atoms with Gasteiger partial charge in [0.05, 0.1) is 24.8 Å². The van der Waals surface area contributed by atoms with Crippen LogP contribution in [0.1, 0.15) is 56.6 Å². The first kappa shape index (κ1) is 33.1. The van der Waals surface area contributed by atoms with Crippen molar-refractivity contribution in [2.75, 3.05) is 36.0 Å². The molecule has 3 aliphatic heterocycles. The first-order valence-corrected chi connectivity index (χ1v) is 19.3. The second-order valence-electron chi connectivity index (χ2n) is 13.2. The van der Waals surface area contributed by atoms with Gasteiger partial charge >= 0.3 is 0 Å². The fraction of sp³-hybridized carbons (Fsp3) is 0.514. The Hall–Kier alpha value is -3.31. The summed E-state index contributed by atoms with van der Waals surface area (Å²) < 4.78 is 6.88. The van der Waals surface area contributed by atoms with Gasteiger partial charge in [0.25, 0.3) is 5.91 Å². The number of hydrogen-bond donors (Lipinski definition) is 2. The predicted octanol–water partition coefficient (Wildman–Crippen LogP) is 4.73. The summed E-state index contributed by atoms with van der Waals surface area (Å²) in [5.74, 6) is -0.819. The topological polar surface area (TPSA) is 111 Å². The molecule has 3 amide bonds. The number of ether oxygens (including phenoxy) is 1. The highest BCUT2D eigenvalue weighted by atomic mass is 28.4. The Kier molecular flexibility index (Phi) is 9.98. The highest BCUT2D eigenvalue weighted by Crippen LogP contribution is 2.60. The molecule has 242 valence electrons. The summed E-state index contributed by atoms with van der Waals surface area (Å²) in [6.07, 6.45) is 5.30. The third-order valence-electron chi connectivity index (χ3n) is 9.73. The van der Waals surface area contributed by atoms with Gasteiger partial charge in [-0.2, -0.15) is 0 Å². The molecule has 0 saturated carbocycles. The molecule has 2 aromatic rings. The Bertz CT molecular complexity index is 1410. The van der Waals surface area contributed by atoms with Gasteiger partial charge in [-0.3, -0.25) is 14.4 Å². The van der Waals surface area contributed by atoms with Crippen LogP contribution >= 0.6 is 0 Å². The minimum absolute atomic E-state index is 0.0328. The van der Waals surface area contributed by atoms with Crippen LogP contribution in [0.5, 0.6) is 0 Å². The van der Waals surface area contributed by atoms with E-state index in [0.717, 1.165) is 36.9 Å². The molecule has 1 spiro atoms. The molecule has 0 radical (unpaired) electrons. The van der Waals surface area contributed by atoms with Crippen LogP contribution < -0.4 is 9.80 Å². The van der Waals surface area contributed by atoms with E-state index in [1.165, 1.54) is 0 Å². The minimum atomic E-state index is -3.00. The van der Waals surface area contributed by atoms with E-state index in [0.29, 0.717) is 30.8 Å². The van der Waals surface area contributed by atoms with Crippen molar-refractivity contribution < 1.29 is 29.0 Å². The van der Waals surface area contributed by atoms with E-state index >= 15 is 0 Å². The van der Waals surface area contributed by atoms with Crippen LogP contribution in [0.3, 0.4) is 0 Å². The van der Waals surface area contributed by atoms with Gasteiger partial charge in [0.1, 0.15) is 0 Å². The van der Waals surface area contributed by atoms with E-state index < -0.39 is 31.5 Å². The average Bonchev–Trinajstić information content (AvgIpc) is 3.41. The number of aliphatic hydroxyl groups excluding tert-OH is 1. The number of nitrogens with zero attached hydrogens (tertiary/aromatic N) is 3. The molecule has 10 heteroatoms. The molecule has 2 aromatic carbocycles. The normalized spacial score (nSPS) is 25.3. The molecule has 45 heavy (non-hydrogen) atoms. The Morgan fingerprint density at radius 3 is 2.56 bits per heavy atom. The highest BCUT2D eigenvalue weighted by molar-refractivity contribution is 6.71. The summed E-state index contributed by atoms with van der Waals surface area (Å²) >= 11 is 0. The van der Waals surface area contributed by atoms with Crippen molar-refractivity contribution in [2.24, 2.45) is 5.92 Å². The monoisotopic (exact) mass is 633 g/mol. The van der Waals surface area contributed by atoms with Crippen LogP contribution in [0.4, 0.5) is 11.4 Å². The molecule has 3 heterocycles. The molecule has 9 nitrogen and oxygen atoms in total. The molecular formula is C35H47N3O6Si. The zero-order valence-corrected chi connectivity index (χ0v) is 27.8. The van der Waals surface area contributed by atoms with Crippen molar-refractivity contribution in [3.63, 3.8) is 0 Å². The Labute approximate surface area is 267 Å². The number of benzene rings is 2. The number of amides is 3. The fourth-order valence-corrected chi connectivity index (χ4v) is 10.2. The summed E-state index contributed by atoms with van der Waals surface area (Å²) in [5, 5.41) is 9.78. The number of rotatable bonds is 10. The molecule has 0 aliphatic carbocycles. The van der Waals surface area contributed by atoms with Crippen LogP contribution in [0.25, 0.3) is 0 Å². The van der Waals surface area contributed by atoms with E-state index in [9.17, 15) is 24.3 Å². The molecule has 0 bridgehead atoms. The Morgan fingerprint density at radius 1 is 1.13 bits per heavy atom. The van der Waals surface area contributed by atoms with Gasteiger partial charge in [-0.25, -0.2) is 0 Å². The standard InChI is InChI=1S/C35H47N3O6Si/c1-5-18-38-29-17-16-27(37-19-12-7-6-11-15-31(37)40)22-28(29)35(34(38)42)25(2)33(45(3,4)43)30(44-35)23-32(41)36(20-21-39)24-26-13-9-8-10-14-26/h5,8-10,13-14,16-17,22,25,30,33,39,43H,1,6-7,11-12,15,18-21,23-24H2,2-4H3/t25-,30+,33-,35+/m1/s1. The number of carbonyl (C=O) groups is 3. The third kappa shape index (κ3) is 6.38. The summed E-state index contributed by atoms with van der Waals surface area (Å²) in [6, 6.07) is 15.3. The number of anilines is 2. The lowest BCUT2D eigenvalue weighted by atomic mass is 9.82. The van der Waals surface area contributed by atoms with Crippen LogP contribution in [-0.2, 0) is 31.3 Å². The second-order valence-corrected chi connectivity index (χ2v) is 17.2. The number of carbonyl (C=O) groups excluding carboxylic acids is 3. The number of fused-ring (bicyclic) bond motifs is 2.